The van der Waals surface area contributed by atoms with Gasteiger partial charge in [0.05, 0.1) is 12.7 Å². The van der Waals surface area contributed by atoms with Gasteiger partial charge in [-0.25, -0.2) is 18.6 Å². The number of hydrogen-bond acceptors (Lipinski definition) is 4. The number of methoxy groups -OCH3 is 1. The molecule has 2 aromatic rings. The summed E-state index contributed by atoms with van der Waals surface area (Å²) in [6.07, 6.45) is 0. The monoisotopic (exact) mass is 296 g/mol. The van der Waals surface area contributed by atoms with Gasteiger partial charge in [-0.15, -0.1) is 0 Å². The quantitative estimate of drug-likeness (QED) is 0.683. The Labute approximate surface area is 118 Å². The average Bonchev–Trinajstić information content (AvgIpc) is 2.37. The molecule has 0 aliphatic rings. The Morgan fingerprint density at radius 2 is 2.10 bits per heavy atom. The highest BCUT2D eigenvalue weighted by atomic mass is 32.1. The number of esters is 1. The van der Waals surface area contributed by atoms with Gasteiger partial charge in [-0.05, 0) is 19.1 Å². The van der Waals surface area contributed by atoms with Gasteiger partial charge >= 0.3 is 5.97 Å². The van der Waals surface area contributed by atoms with Crippen LogP contribution in [0.5, 0.6) is 0 Å². The molecule has 0 aliphatic heterocycles. The number of hydrogen-bond donors (Lipinski definition) is 1. The molecule has 1 aromatic heterocycles. The molecule has 0 radical (unpaired) electrons. The minimum Gasteiger partial charge on any atom is -0.465 e. The van der Waals surface area contributed by atoms with Gasteiger partial charge in [0.1, 0.15) is 27.7 Å². The normalized spacial score (nSPS) is 10.4. The van der Waals surface area contributed by atoms with E-state index in [1.807, 2.05) is 0 Å². The number of rotatable bonds is 2. The summed E-state index contributed by atoms with van der Waals surface area (Å²) in [5.41, 5.74) is 0.585. The number of aryl methyl sites for hydroxylation is 1. The van der Waals surface area contributed by atoms with Gasteiger partial charge in [0.25, 0.3) is 0 Å². The molecule has 4 nitrogen and oxygen atoms in total. The van der Waals surface area contributed by atoms with E-state index in [9.17, 15) is 13.6 Å². The third-order valence-corrected chi connectivity index (χ3v) is 2.98. The second-order valence-electron chi connectivity index (χ2n) is 4.01. The van der Waals surface area contributed by atoms with Gasteiger partial charge in [-0.1, -0.05) is 12.2 Å². The van der Waals surface area contributed by atoms with Gasteiger partial charge < -0.3 is 9.72 Å². The summed E-state index contributed by atoms with van der Waals surface area (Å²) in [6, 6.07) is 3.10. The molecule has 1 aromatic carbocycles. The number of nitrogens with one attached hydrogen (secondary N) is 1. The third-order valence-electron chi connectivity index (χ3n) is 2.68. The average molecular weight is 296 g/mol. The van der Waals surface area contributed by atoms with Crippen LogP contribution in [-0.2, 0) is 4.74 Å². The molecule has 1 heterocycles. The van der Waals surface area contributed by atoms with Gasteiger partial charge in [-0.2, -0.15) is 0 Å². The standard InChI is InChI=1S/C13H10F2N2O2S/c1-6-10(13(18)19-2)12(20)17-11(16-6)8-4-3-7(14)5-9(8)15/h3-5H,1-2H3,(H,16,17,20). The van der Waals surface area contributed by atoms with E-state index in [-0.39, 0.29) is 21.6 Å². The van der Waals surface area contributed by atoms with Crippen LogP contribution >= 0.6 is 12.2 Å². The van der Waals surface area contributed by atoms with E-state index < -0.39 is 17.6 Å². The maximum Gasteiger partial charge on any atom is 0.342 e. The molecule has 7 heteroatoms. The largest absolute Gasteiger partial charge is 0.465 e. The van der Waals surface area contributed by atoms with Gasteiger partial charge in [-0.3, -0.25) is 0 Å². The Morgan fingerprint density at radius 1 is 1.40 bits per heavy atom. The van der Waals surface area contributed by atoms with Crippen molar-refractivity contribution in [3.8, 4) is 11.4 Å². The SMILES string of the molecule is COC(=O)c1c(C)[nH]c(-c2ccc(F)cc2F)nc1=S. The fourth-order valence-corrected chi connectivity index (χ4v) is 2.07. The molecule has 1 N–H and O–H groups in total. The smallest absolute Gasteiger partial charge is 0.342 e. The highest BCUT2D eigenvalue weighted by Crippen LogP contribution is 2.21. The van der Waals surface area contributed by atoms with E-state index in [1.54, 1.807) is 6.92 Å². The lowest BCUT2D eigenvalue weighted by atomic mass is 10.1. The van der Waals surface area contributed by atoms with Crippen LogP contribution in [0.3, 0.4) is 0 Å². The molecule has 0 saturated heterocycles. The molecular formula is C13H10F2N2O2S. The third kappa shape index (κ3) is 2.57. The Kier molecular flexibility index (Phi) is 3.89. The first-order valence-electron chi connectivity index (χ1n) is 5.58. The number of halogens is 2. The molecule has 0 fully saturated rings. The molecule has 0 saturated carbocycles. The lowest BCUT2D eigenvalue weighted by Gasteiger charge is -2.08. The van der Waals surface area contributed by atoms with Crippen LogP contribution < -0.4 is 0 Å². The highest BCUT2D eigenvalue weighted by molar-refractivity contribution is 7.71. The molecule has 0 atom stereocenters. The van der Waals surface area contributed by atoms with E-state index in [0.29, 0.717) is 5.69 Å². The van der Waals surface area contributed by atoms with Crippen LogP contribution in [0.4, 0.5) is 8.78 Å². The number of aromatic nitrogens is 2. The van der Waals surface area contributed by atoms with Crippen molar-refractivity contribution in [1.29, 1.82) is 0 Å². The first-order chi connectivity index (χ1) is 9.43. The Bertz CT molecular complexity index is 744. The summed E-state index contributed by atoms with van der Waals surface area (Å²) in [5, 5.41) is 0. The number of aromatic amines is 1. The number of benzene rings is 1. The van der Waals surface area contributed by atoms with Crippen molar-refractivity contribution in [3.63, 3.8) is 0 Å². The fourth-order valence-electron chi connectivity index (χ4n) is 1.74. The van der Waals surface area contributed by atoms with Crippen molar-refractivity contribution in [2.45, 2.75) is 6.92 Å². The zero-order valence-electron chi connectivity index (χ0n) is 10.7. The van der Waals surface area contributed by atoms with E-state index in [2.05, 4.69) is 14.7 Å². The first kappa shape index (κ1) is 14.3. The van der Waals surface area contributed by atoms with Crippen molar-refractivity contribution in [1.82, 2.24) is 9.97 Å². The number of ether oxygens (including phenoxy) is 1. The topological polar surface area (TPSA) is 55.0 Å². The van der Waals surface area contributed by atoms with Crippen LogP contribution in [0.15, 0.2) is 18.2 Å². The fraction of sp³-hybridized carbons (Fsp3) is 0.154. The Morgan fingerprint density at radius 3 is 2.65 bits per heavy atom. The minimum atomic E-state index is -0.770. The molecule has 2 rings (SSSR count). The number of carbonyl (C=O) groups is 1. The van der Waals surface area contributed by atoms with Gasteiger partial charge in [0, 0.05) is 11.8 Å². The van der Waals surface area contributed by atoms with E-state index in [1.165, 1.54) is 13.2 Å². The molecule has 0 amide bonds. The zero-order chi connectivity index (χ0) is 14.9. The summed E-state index contributed by atoms with van der Waals surface area (Å²) in [4.78, 5) is 18.3. The highest BCUT2D eigenvalue weighted by Gasteiger charge is 2.16. The maximum atomic E-state index is 13.7. The lowest BCUT2D eigenvalue weighted by molar-refractivity contribution is 0.0598. The number of carbonyl (C=O) groups excluding carboxylic acids is 1. The molecule has 104 valence electrons. The van der Waals surface area contributed by atoms with E-state index in [4.69, 9.17) is 12.2 Å². The molecule has 0 spiro atoms. The number of nitrogens with zero attached hydrogens (tertiary/aromatic N) is 1. The summed E-state index contributed by atoms with van der Waals surface area (Å²) < 4.78 is 31.2. The second-order valence-corrected chi connectivity index (χ2v) is 4.39. The van der Waals surface area contributed by atoms with E-state index >= 15 is 0 Å². The summed E-state index contributed by atoms with van der Waals surface area (Å²) >= 11 is 5.01. The summed E-state index contributed by atoms with van der Waals surface area (Å²) in [5.74, 6) is -1.96. The summed E-state index contributed by atoms with van der Waals surface area (Å²) in [7, 11) is 1.23. The second kappa shape index (κ2) is 5.46. The van der Waals surface area contributed by atoms with Crippen LogP contribution in [0.2, 0.25) is 0 Å². The van der Waals surface area contributed by atoms with Crippen molar-refractivity contribution in [3.05, 3.63) is 45.7 Å². The Balaban J connectivity index is 2.61. The predicted molar refractivity (Wildman–Crippen MR) is 70.9 cm³/mol. The van der Waals surface area contributed by atoms with Crippen molar-refractivity contribution >= 4 is 18.2 Å². The maximum absolute atomic E-state index is 13.7. The molecule has 0 unspecified atom stereocenters. The minimum absolute atomic E-state index is 0.00757. The summed E-state index contributed by atoms with van der Waals surface area (Å²) in [6.45, 7) is 1.59. The molecule has 0 bridgehead atoms. The first-order valence-corrected chi connectivity index (χ1v) is 5.99. The van der Waals surface area contributed by atoms with Gasteiger partial charge in [0.2, 0.25) is 0 Å². The van der Waals surface area contributed by atoms with Crippen LogP contribution in [0, 0.1) is 23.2 Å². The van der Waals surface area contributed by atoms with Crippen LogP contribution in [-0.4, -0.2) is 23.0 Å². The predicted octanol–water partition coefficient (Wildman–Crippen LogP) is 3.18. The Hall–Kier alpha value is -2.15. The van der Waals surface area contributed by atoms with Crippen molar-refractivity contribution in [2.24, 2.45) is 0 Å². The number of H-pyrrole nitrogens is 1. The van der Waals surface area contributed by atoms with Crippen molar-refractivity contribution < 1.29 is 18.3 Å². The van der Waals surface area contributed by atoms with Crippen molar-refractivity contribution in [2.75, 3.05) is 7.11 Å². The van der Waals surface area contributed by atoms with Gasteiger partial charge in [0.15, 0.2) is 0 Å². The molecular weight excluding hydrogens is 286 g/mol. The molecule has 0 aliphatic carbocycles. The van der Waals surface area contributed by atoms with Crippen LogP contribution in [0.1, 0.15) is 16.1 Å². The van der Waals surface area contributed by atoms with Crippen LogP contribution in [0.25, 0.3) is 11.4 Å². The zero-order valence-corrected chi connectivity index (χ0v) is 11.5. The lowest BCUT2D eigenvalue weighted by Crippen LogP contribution is -2.09. The van der Waals surface area contributed by atoms with E-state index in [0.717, 1.165) is 12.1 Å². The molecule has 20 heavy (non-hydrogen) atoms.